The summed E-state index contributed by atoms with van der Waals surface area (Å²) in [6.45, 7) is 5.17. The zero-order valence-electron chi connectivity index (χ0n) is 11.6. The Bertz CT molecular complexity index is 513. The van der Waals surface area contributed by atoms with Crippen LogP contribution in [0.1, 0.15) is 31.5 Å². The van der Waals surface area contributed by atoms with E-state index in [-0.39, 0.29) is 18.4 Å². The minimum Gasteiger partial charge on any atom is -0.338 e. The summed E-state index contributed by atoms with van der Waals surface area (Å²) in [4.78, 5) is 18.4. The Morgan fingerprint density at radius 1 is 1.60 bits per heavy atom. The summed E-state index contributed by atoms with van der Waals surface area (Å²) in [5, 5.41) is 19.9. The van der Waals surface area contributed by atoms with Crippen molar-refractivity contribution in [3.8, 4) is 0 Å². The highest BCUT2D eigenvalue weighted by Gasteiger charge is 2.24. The molecular weight excluding hydrogens is 266 g/mol. The van der Waals surface area contributed by atoms with Crippen molar-refractivity contribution in [3.63, 3.8) is 0 Å². The number of hydrogen-bond donors (Lipinski definition) is 1. The molecule has 1 N–H and O–H groups in total. The molecule has 10 nitrogen and oxygen atoms in total. The minimum atomic E-state index is -0.728. The lowest BCUT2D eigenvalue weighted by molar-refractivity contribution is -0.486. The van der Waals surface area contributed by atoms with E-state index in [9.17, 15) is 10.1 Å². The number of nitrogens with zero attached hydrogens (tertiary/aromatic N) is 6. The Morgan fingerprint density at radius 3 is 2.95 bits per heavy atom. The molecule has 2 rings (SSSR count). The third-order valence-corrected chi connectivity index (χ3v) is 2.72. The summed E-state index contributed by atoms with van der Waals surface area (Å²) >= 11 is 0. The number of hydrogen-bond acceptors (Lipinski definition) is 6. The quantitative estimate of drug-likeness (QED) is 0.606. The van der Waals surface area contributed by atoms with Gasteiger partial charge in [-0.05, 0) is 7.05 Å². The summed E-state index contributed by atoms with van der Waals surface area (Å²) in [6, 6.07) is 0. The van der Waals surface area contributed by atoms with Crippen molar-refractivity contribution >= 4 is 5.96 Å². The zero-order valence-corrected chi connectivity index (χ0v) is 11.6. The first-order valence-corrected chi connectivity index (χ1v) is 6.18. The molecular formula is C10H17N7O3. The highest BCUT2D eigenvalue weighted by Crippen LogP contribution is 2.12. The van der Waals surface area contributed by atoms with Gasteiger partial charge in [-0.1, -0.05) is 19.0 Å². The molecule has 1 saturated heterocycles. The van der Waals surface area contributed by atoms with E-state index in [0.29, 0.717) is 25.1 Å². The summed E-state index contributed by atoms with van der Waals surface area (Å²) in [6.07, 6.45) is 0. The van der Waals surface area contributed by atoms with E-state index in [1.165, 1.54) is 0 Å². The predicted molar refractivity (Wildman–Crippen MR) is 69.0 cm³/mol. The summed E-state index contributed by atoms with van der Waals surface area (Å²) in [5.74, 6) is 1.38. The highest BCUT2D eigenvalue weighted by molar-refractivity contribution is 5.79. The molecule has 0 radical (unpaired) electrons. The van der Waals surface area contributed by atoms with Gasteiger partial charge in [-0.3, -0.25) is 4.90 Å². The number of aromatic nitrogens is 2. The van der Waals surface area contributed by atoms with Crippen LogP contribution < -0.4 is 5.32 Å². The topological polar surface area (TPSA) is 113 Å². The largest absolute Gasteiger partial charge is 0.338 e. The van der Waals surface area contributed by atoms with Gasteiger partial charge in [0.2, 0.25) is 5.89 Å². The smallest absolute Gasteiger partial charge is 0.273 e. The van der Waals surface area contributed by atoms with Gasteiger partial charge in [0.25, 0.3) is 5.96 Å². The molecule has 0 unspecified atom stereocenters. The Hall–Kier alpha value is -2.23. The third kappa shape index (κ3) is 3.41. The third-order valence-electron chi connectivity index (χ3n) is 2.72. The molecule has 10 heteroatoms. The van der Waals surface area contributed by atoms with E-state index in [2.05, 4.69) is 20.6 Å². The van der Waals surface area contributed by atoms with Crippen molar-refractivity contribution in [2.45, 2.75) is 26.3 Å². The van der Waals surface area contributed by atoms with Crippen LogP contribution in [0.25, 0.3) is 0 Å². The van der Waals surface area contributed by atoms with Crippen LogP contribution in [0.4, 0.5) is 0 Å². The normalized spacial score (nSPS) is 18.6. The Morgan fingerprint density at radius 2 is 2.35 bits per heavy atom. The number of nitro groups is 1. The van der Waals surface area contributed by atoms with Crippen LogP contribution in [-0.2, 0) is 6.54 Å². The lowest BCUT2D eigenvalue weighted by Gasteiger charge is -2.33. The minimum absolute atomic E-state index is 0.168. The van der Waals surface area contributed by atoms with Crippen LogP contribution in [0.5, 0.6) is 0 Å². The monoisotopic (exact) mass is 283 g/mol. The van der Waals surface area contributed by atoms with Crippen molar-refractivity contribution in [1.82, 2.24) is 25.3 Å². The molecule has 1 fully saturated rings. The molecule has 1 aromatic rings. The Kier molecular flexibility index (Phi) is 4.13. The second kappa shape index (κ2) is 5.82. The fourth-order valence-corrected chi connectivity index (χ4v) is 1.76. The zero-order chi connectivity index (χ0) is 14.7. The number of guanidine groups is 1. The fraction of sp³-hybridized carbons (Fsp3) is 0.700. The SMILES string of the molecule is CC(C)c1noc(CN2CN(C)CN/C2=N\[N+](=O)[O-])n1. The van der Waals surface area contributed by atoms with Crippen molar-refractivity contribution in [2.24, 2.45) is 5.10 Å². The summed E-state index contributed by atoms with van der Waals surface area (Å²) < 4.78 is 5.14. The molecule has 1 aliphatic heterocycles. The fourth-order valence-electron chi connectivity index (χ4n) is 1.76. The lowest BCUT2D eigenvalue weighted by atomic mass is 10.2. The molecule has 0 aliphatic carbocycles. The number of hydrazone groups is 1. The highest BCUT2D eigenvalue weighted by atomic mass is 16.7. The van der Waals surface area contributed by atoms with Gasteiger partial charge in [-0.15, -0.1) is 0 Å². The molecule has 0 amide bonds. The molecule has 110 valence electrons. The van der Waals surface area contributed by atoms with Gasteiger partial charge in [0.1, 0.15) is 11.6 Å². The molecule has 1 aliphatic rings. The molecule has 1 aromatic heterocycles. The van der Waals surface area contributed by atoms with E-state index in [1.54, 1.807) is 4.90 Å². The average Bonchev–Trinajstić information content (AvgIpc) is 2.81. The van der Waals surface area contributed by atoms with Gasteiger partial charge < -0.3 is 14.7 Å². The molecule has 2 heterocycles. The number of nitrogens with one attached hydrogen (secondary N) is 1. The molecule has 0 bridgehead atoms. The van der Waals surface area contributed by atoms with Crippen LogP contribution in [-0.4, -0.2) is 51.3 Å². The Labute approximate surface area is 115 Å². The molecule has 0 atom stereocenters. The molecule has 0 spiro atoms. The summed E-state index contributed by atoms with van der Waals surface area (Å²) in [5.41, 5.74) is 0. The first-order chi connectivity index (χ1) is 9.45. The van der Waals surface area contributed by atoms with Crippen molar-refractivity contribution in [3.05, 3.63) is 21.8 Å². The standard InChI is InChI=1S/C10H17N7O3/c1-7(2)9-12-8(20-14-9)4-16-6-15(3)5-11-10(16)13-17(18)19/h7H,4-6H2,1-3H3,(H,11,13). The maximum atomic E-state index is 10.5. The molecule has 0 aromatic carbocycles. The first-order valence-electron chi connectivity index (χ1n) is 6.18. The lowest BCUT2D eigenvalue weighted by Crippen LogP contribution is -2.55. The molecule has 0 saturated carbocycles. The second-order valence-corrected chi connectivity index (χ2v) is 4.89. The first kappa shape index (κ1) is 14.2. The van der Waals surface area contributed by atoms with Gasteiger partial charge in [0.05, 0.1) is 13.3 Å². The van der Waals surface area contributed by atoms with Gasteiger partial charge >= 0.3 is 0 Å². The Balaban J connectivity index is 2.12. The van der Waals surface area contributed by atoms with Crippen LogP contribution >= 0.6 is 0 Å². The van der Waals surface area contributed by atoms with E-state index in [4.69, 9.17) is 4.52 Å². The van der Waals surface area contributed by atoms with E-state index in [0.717, 1.165) is 0 Å². The van der Waals surface area contributed by atoms with E-state index >= 15 is 0 Å². The van der Waals surface area contributed by atoms with Crippen LogP contribution in [0.15, 0.2) is 9.62 Å². The van der Waals surface area contributed by atoms with Crippen molar-refractivity contribution in [2.75, 3.05) is 20.4 Å². The molecule has 20 heavy (non-hydrogen) atoms. The maximum Gasteiger partial charge on any atom is 0.273 e. The van der Waals surface area contributed by atoms with E-state index in [1.807, 2.05) is 25.8 Å². The summed E-state index contributed by atoms with van der Waals surface area (Å²) in [7, 11) is 1.89. The van der Waals surface area contributed by atoms with Gasteiger partial charge in [0, 0.05) is 5.92 Å². The van der Waals surface area contributed by atoms with Crippen LogP contribution in [0.2, 0.25) is 0 Å². The maximum absolute atomic E-state index is 10.5. The van der Waals surface area contributed by atoms with Crippen molar-refractivity contribution in [1.29, 1.82) is 0 Å². The second-order valence-electron chi connectivity index (χ2n) is 4.89. The number of rotatable bonds is 4. The van der Waals surface area contributed by atoms with Crippen molar-refractivity contribution < 1.29 is 9.56 Å². The van der Waals surface area contributed by atoms with Crippen LogP contribution in [0, 0.1) is 10.1 Å². The van der Waals surface area contributed by atoms with Gasteiger partial charge in [-0.25, -0.2) is 10.1 Å². The predicted octanol–water partition coefficient (Wildman–Crippen LogP) is -0.00730. The van der Waals surface area contributed by atoms with Gasteiger partial charge in [-0.2, -0.15) is 4.98 Å². The van der Waals surface area contributed by atoms with Gasteiger partial charge in [0.15, 0.2) is 10.9 Å². The van der Waals surface area contributed by atoms with Crippen LogP contribution in [0.3, 0.4) is 0 Å². The van der Waals surface area contributed by atoms with E-state index < -0.39 is 5.03 Å². The average molecular weight is 283 g/mol.